The number of pyridine rings is 1. The Morgan fingerprint density at radius 1 is 1.03 bits per heavy atom. The van der Waals surface area contributed by atoms with Gasteiger partial charge in [-0.15, -0.1) is 0 Å². The van der Waals surface area contributed by atoms with E-state index in [4.69, 9.17) is 0 Å². The summed E-state index contributed by atoms with van der Waals surface area (Å²) in [6.07, 6.45) is 3.22. The van der Waals surface area contributed by atoms with Crippen molar-refractivity contribution in [2.24, 2.45) is 0 Å². The molecular weight excluding hydrogens is 412 g/mol. The Labute approximate surface area is 195 Å². The number of aryl methyl sites for hydroxylation is 1. The summed E-state index contributed by atoms with van der Waals surface area (Å²) in [5.74, 6) is 0.276. The zero-order valence-electron chi connectivity index (χ0n) is 19.4. The van der Waals surface area contributed by atoms with Gasteiger partial charge in [-0.25, -0.2) is 0 Å². The third kappa shape index (κ3) is 5.42. The first-order valence-corrected chi connectivity index (χ1v) is 11.7. The van der Waals surface area contributed by atoms with Gasteiger partial charge >= 0.3 is 0 Å². The second-order valence-corrected chi connectivity index (χ2v) is 9.32. The van der Waals surface area contributed by atoms with Crippen molar-refractivity contribution in [2.75, 3.05) is 13.1 Å². The Hall–Kier alpha value is -3.18. The Kier molecular flexibility index (Phi) is 6.80. The third-order valence-electron chi connectivity index (χ3n) is 6.77. The van der Waals surface area contributed by atoms with Crippen LogP contribution in [0.4, 0.5) is 0 Å². The number of nitrogens with zero attached hydrogens (tertiary/aromatic N) is 2. The fourth-order valence-corrected chi connectivity index (χ4v) is 4.68. The Balaban J connectivity index is 1.38. The molecule has 4 rings (SSSR count). The molecule has 5 nitrogen and oxygen atoms in total. The zero-order chi connectivity index (χ0) is 23.4. The number of benzene rings is 2. The van der Waals surface area contributed by atoms with Gasteiger partial charge in [-0.2, -0.15) is 0 Å². The first kappa shape index (κ1) is 23.0. The lowest BCUT2D eigenvalue weighted by molar-refractivity contribution is -0.136. The van der Waals surface area contributed by atoms with Gasteiger partial charge in [-0.1, -0.05) is 67.6 Å². The van der Waals surface area contributed by atoms with Crippen LogP contribution < -0.4 is 5.56 Å². The average Bonchev–Trinajstić information content (AvgIpc) is 2.82. The van der Waals surface area contributed by atoms with Gasteiger partial charge < -0.3 is 14.6 Å². The van der Waals surface area contributed by atoms with Gasteiger partial charge in [0.15, 0.2) is 0 Å². The van der Waals surface area contributed by atoms with Crippen molar-refractivity contribution in [3.63, 3.8) is 0 Å². The molecule has 172 valence electrons. The van der Waals surface area contributed by atoms with E-state index in [1.807, 2.05) is 66.6 Å². The molecule has 2 heterocycles. The zero-order valence-corrected chi connectivity index (χ0v) is 19.4. The molecule has 1 atom stereocenters. The lowest BCUT2D eigenvalue weighted by Gasteiger charge is -2.39. The van der Waals surface area contributed by atoms with Crippen LogP contribution in [0.2, 0.25) is 0 Å². The number of likely N-dealkylation sites (tertiary alicyclic amines) is 1. The monoisotopic (exact) mass is 444 g/mol. The molecule has 1 aliphatic heterocycles. The smallest absolute Gasteiger partial charge is 0.251 e. The minimum Gasteiger partial charge on any atom is -0.388 e. The first-order chi connectivity index (χ1) is 15.8. The molecular formula is C28H32N2O3. The van der Waals surface area contributed by atoms with Gasteiger partial charge in [0, 0.05) is 31.8 Å². The number of hydrogen-bond acceptors (Lipinski definition) is 3. The van der Waals surface area contributed by atoms with Gasteiger partial charge in [-0.05, 0) is 47.9 Å². The minimum atomic E-state index is -0.994. The molecule has 33 heavy (non-hydrogen) atoms. The molecule has 1 aliphatic rings. The van der Waals surface area contributed by atoms with E-state index in [0.29, 0.717) is 32.4 Å². The van der Waals surface area contributed by atoms with Gasteiger partial charge in [0.2, 0.25) is 5.91 Å². The second kappa shape index (κ2) is 9.75. The van der Waals surface area contributed by atoms with Crippen molar-refractivity contribution in [1.29, 1.82) is 0 Å². The number of aromatic nitrogens is 1. The highest BCUT2D eigenvalue weighted by atomic mass is 16.3. The normalized spacial score (nSPS) is 16.4. The molecule has 1 amide bonds. The molecule has 5 heteroatoms. The Morgan fingerprint density at radius 2 is 1.64 bits per heavy atom. The van der Waals surface area contributed by atoms with E-state index in [9.17, 15) is 14.7 Å². The van der Waals surface area contributed by atoms with Crippen LogP contribution in [0.15, 0.2) is 77.7 Å². The molecule has 1 N–H and O–H groups in total. The van der Waals surface area contributed by atoms with Crippen molar-refractivity contribution < 1.29 is 9.90 Å². The first-order valence-electron chi connectivity index (χ1n) is 11.7. The molecule has 1 fully saturated rings. The van der Waals surface area contributed by atoms with E-state index < -0.39 is 5.60 Å². The molecule has 0 bridgehead atoms. The van der Waals surface area contributed by atoms with Crippen LogP contribution in [-0.4, -0.2) is 39.2 Å². The molecule has 0 spiro atoms. The molecule has 1 aromatic heterocycles. The number of carbonyl (C=O) groups is 1. The summed E-state index contributed by atoms with van der Waals surface area (Å²) in [4.78, 5) is 27.5. The predicted octanol–water partition coefficient (Wildman–Crippen LogP) is 4.37. The van der Waals surface area contributed by atoms with E-state index in [2.05, 4.69) is 19.1 Å². The number of rotatable bonds is 6. The van der Waals surface area contributed by atoms with Crippen molar-refractivity contribution >= 4 is 5.91 Å². The summed E-state index contributed by atoms with van der Waals surface area (Å²) in [5, 5.41) is 11.2. The van der Waals surface area contributed by atoms with Crippen LogP contribution >= 0.6 is 0 Å². The molecule has 0 unspecified atom stereocenters. The van der Waals surface area contributed by atoms with Crippen LogP contribution in [0.1, 0.15) is 43.2 Å². The van der Waals surface area contributed by atoms with Crippen LogP contribution in [0, 0.1) is 6.92 Å². The number of aliphatic hydroxyl groups is 1. The van der Waals surface area contributed by atoms with E-state index >= 15 is 0 Å². The van der Waals surface area contributed by atoms with E-state index in [0.717, 1.165) is 22.3 Å². The summed E-state index contributed by atoms with van der Waals surface area (Å²) < 4.78 is 1.61. The largest absolute Gasteiger partial charge is 0.388 e. The lowest BCUT2D eigenvalue weighted by atomic mass is 9.90. The molecule has 1 saturated heterocycles. The SMILES string of the molecule is Cc1cn(CC2(O)CCN(C(=O)C[C@@H](C)c3ccccc3)CC2)c(=O)cc1-c1ccccc1. The molecule has 0 radical (unpaired) electrons. The van der Waals surface area contributed by atoms with E-state index in [1.165, 1.54) is 0 Å². The van der Waals surface area contributed by atoms with Crippen LogP contribution in [0.3, 0.4) is 0 Å². The van der Waals surface area contributed by atoms with E-state index in [1.54, 1.807) is 10.6 Å². The van der Waals surface area contributed by atoms with Crippen LogP contribution in [0.5, 0.6) is 0 Å². The van der Waals surface area contributed by atoms with Crippen molar-refractivity contribution in [3.05, 3.63) is 94.4 Å². The fraction of sp³-hybridized carbons (Fsp3) is 0.357. The predicted molar refractivity (Wildman–Crippen MR) is 131 cm³/mol. The highest BCUT2D eigenvalue weighted by molar-refractivity contribution is 5.77. The lowest BCUT2D eigenvalue weighted by Crippen LogP contribution is -2.49. The summed E-state index contributed by atoms with van der Waals surface area (Å²) >= 11 is 0. The van der Waals surface area contributed by atoms with Crippen molar-refractivity contribution in [2.45, 2.75) is 51.2 Å². The highest BCUT2D eigenvalue weighted by Crippen LogP contribution is 2.27. The summed E-state index contributed by atoms with van der Waals surface area (Å²) in [5.41, 5.74) is 2.96. The molecule has 2 aromatic carbocycles. The van der Waals surface area contributed by atoms with Gasteiger partial charge in [0.05, 0.1) is 12.1 Å². The maximum atomic E-state index is 12.8. The standard InChI is InChI=1S/C28H32N2O3/c1-21(23-9-5-3-6-10-23)17-26(31)29-15-13-28(33,14-16-29)20-30-19-22(2)25(18-27(30)32)24-11-7-4-8-12-24/h3-12,18-19,21,33H,13-17,20H2,1-2H3/t21-/m1/s1. The maximum absolute atomic E-state index is 12.8. The van der Waals surface area contributed by atoms with Gasteiger partial charge in [-0.3, -0.25) is 9.59 Å². The molecule has 0 saturated carbocycles. The number of carbonyl (C=O) groups excluding carboxylic acids is 1. The number of hydrogen-bond donors (Lipinski definition) is 1. The van der Waals surface area contributed by atoms with Gasteiger partial charge in [0.25, 0.3) is 5.56 Å². The Morgan fingerprint density at radius 3 is 2.27 bits per heavy atom. The minimum absolute atomic E-state index is 0.119. The highest BCUT2D eigenvalue weighted by Gasteiger charge is 2.34. The maximum Gasteiger partial charge on any atom is 0.251 e. The molecule has 3 aromatic rings. The summed E-state index contributed by atoms with van der Waals surface area (Å²) in [6.45, 7) is 5.31. The van der Waals surface area contributed by atoms with Gasteiger partial charge in [0.1, 0.15) is 0 Å². The van der Waals surface area contributed by atoms with E-state index in [-0.39, 0.29) is 23.9 Å². The number of piperidine rings is 1. The summed E-state index contributed by atoms with van der Waals surface area (Å²) in [6, 6.07) is 21.6. The van der Waals surface area contributed by atoms with Crippen molar-refractivity contribution in [1.82, 2.24) is 9.47 Å². The Bertz CT molecular complexity index is 1150. The fourth-order valence-electron chi connectivity index (χ4n) is 4.68. The quantitative estimate of drug-likeness (QED) is 0.614. The summed E-state index contributed by atoms with van der Waals surface area (Å²) in [7, 11) is 0. The van der Waals surface area contributed by atoms with Crippen LogP contribution in [0.25, 0.3) is 11.1 Å². The molecule has 0 aliphatic carbocycles. The average molecular weight is 445 g/mol. The van der Waals surface area contributed by atoms with Crippen LogP contribution in [-0.2, 0) is 11.3 Å². The third-order valence-corrected chi connectivity index (χ3v) is 6.77. The van der Waals surface area contributed by atoms with Crippen molar-refractivity contribution in [3.8, 4) is 11.1 Å². The number of amides is 1. The second-order valence-electron chi connectivity index (χ2n) is 9.32. The topological polar surface area (TPSA) is 62.5 Å².